The van der Waals surface area contributed by atoms with E-state index in [0.29, 0.717) is 0 Å². The quantitative estimate of drug-likeness (QED) is 0.585. The fourth-order valence-electron chi connectivity index (χ4n) is 1.77. The van der Waals surface area contributed by atoms with Crippen molar-refractivity contribution in [2.45, 2.75) is 33.1 Å². The molecule has 0 atom stereocenters. The molecule has 0 bridgehead atoms. The summed E-state index contributed by atoms with van der Waals surface area (Å²) in [6, 6.07) is 0. The summed E-state index contributed by atoms with van der Waals surface area (Å²) in [4.78, 5) is 7.24. The molecule has 0 saturated carbocycles. The van der Waals surface area contributed by atoms with Crippen molar-refractivity contribution in [3.8, 4) is 0 Å². The molecule has 92 valence electrons. The molecule has 0 amide bonds. The Kier molecular flexibility index (Phi) is 5.49. The second-order valence-corrected chi connectivity index (χ2v) is 4.33. The van der Waals surface area contributed by atoms with Gasteiger partial charge in [0.1, 0.15) is 5.82 Å². The van der Waals surface area contributed by atoms with Crippen LogP contribution >= 0.6 is 0 Å². The van der Waals surface area contributed by atoms with E-state index < -0.39 is 0 Å². The van der Waals surface area contributed by atoms with Gasteiger partial charge in [-0.15, -0.1) is 0 Å². The summed E-state index contributed by atoms with van der Waals surface area (Å²) in [5.74, 6) is 1.01. The monoisotopic (exact) mass is 225 g/mol. The van der Waals surface area contributed by atoms with E-state index in [4.69, 9.17) is 0 Å². The molecule has 0 saturated heterocycles. The van der Waals surface area contributed by atoms with Crippen LogP contribution in [0.4, 0.5) is 0 Å². The Hall–Kier alpha value is -0.870. The number of aliphatic hydroxyl groups is 1. The Balaban J connectivity index is 2.23. The van der Waals surface area contributed by atoms with Crippen LogP contribution in [0.25, 0.3) is 0 Å². The van der Waals surface area contributed by atoms with Crippen LogP contribution in [-0.4, -0.2) is 34.8 Å². The van der Waals surface area contributed by atoms with E-state index in [9.17, 15) is 5.11 Å². The first-order valence-electron chi connectivity index (χ1n) is 6.06. The molecule has 0 fully saturated rings. The third-order valence-corrected chi connectivity index (χ3v) is 3.43. The number of aromatic amines is 1. The average molecular weight is 225 g/mol. The molecule has 0 radical (unpaired) electrons. The van der Waals surface area contributed by atoms with E-state index in [2.05, 4.69) is 29.1 Å². The van der Waals surface area contributed by atoms with Crippen molar-refractivity contribution in [2.24, 2.45) is 5.41 Å². The first kappa shape index (κ1) is 13.2. The van der Waals surface area contributed by atoms with Crippen molar-refractivity contribution in [1.29, 1.82) is 0 Å². The fraction of sp³-hybridized carbons (Fsp3) is 0.750. The standard InChI is InChI=1S/C12H23N3O/c1-3-12(4-2,10-16)9-13-6-5-11-14-7-8-15-11/h7-8,13,16H,3-6,9-10H2,1-2H3,(H,14,15). The molecule has 1 aromatic heterocycles. The van der Waals surface area contributed by atoms with Crippen molar-refractivity contribution >= 4 is 0 Å². The van der Waals surface area contributed by atoms with Crippen LogP contribution in [-0.2, 0) is 6.42 Å². The number of nitrogens with one attached hydrogen (secondary N) is 2. The Morgan fingerprint density at radius 2 is 2.19 bits per heavy atom. The van der Waals surface area contributed by atoms with Crippen LogP contribution in [0.3, 0.4) is 0 Å². The van der Waals surface area contributed by atoms with Crippen molar-refractivity contribution < 1.29 is 5.11 Å². The van der Waals surface area contributed by atoms with Crippen molar-refractivity contribution in [3.63, 3.8) is 0 Å². The molecule has 0 aliphatic carbocycles. The Labute approximate surface area is 97.5 Å². The number of nitrogens with zero attached hydrogens (tertiary/aromatic N) is 1. The summed E-state index contributed by atoms with van der Waals surface area (Å²) < 4.78 is 0. The van der Waals surface area contributed by atoms with Gasteiger partial charge in [0, 0.05) is 43.9 Å². The van der Waals surface area contributed by atoms with Gasteiger partial charge in [-0.05, 0) is 12.8 Å². The van der Waals surface area contributed by atoms with Gasteiger partial charge in [0.05, 0.1) is 0 Å². The van der Waals surface area contributed by atoms with E-state index >= 15 is 0 Å². The Bertz CT molecular complexity index is 260. The zero-order chi connectivity index (χ0) is 11.9. The first-order chi connectivity index (χ1) is 7.76. The maximum atomic E-state index is 9.40. The minimum absolute atomic E-state index is 0.0448. The van der Waals surface area contributed by atoms with E-state index in [1.165, 1.54) is 0 Å². The zero-order valence-corrected chi connectivity index (χ0v) is 10.3. The van der Waals surface area contributed by atoms with Gasteiger partial charge in [0.15, 0.2) is 0 Å². The van der Waals surface area contributed by atoms with E-state index in [-0.39, 0.29) is 12.0 Å². The highest BCUT2D eigenvalue weighted by molar-refractivity contribution is 4.88. The zero-order valence-electron chi connectivity index (χ0n) is 10.3. The molecule has 16 heavy (non-hydrogen) atoms. The van der Waals surface area contributed by atoms with Gasteiger partial charge < -0.3 is 15.4 Å². The van der Waals surface area contributed by atoms with Gasteiger partial charge in [0.25, 0.3) is 0 Å². The molecule has 3 N–H and O–H groups in total. The van der Waals surface area contributed by atoms with Gasteiger partial charge in [-0.2, -0.15) is 0 Å². The fourth-order valence-corrected chi connectivity index (χ4v) is 1.77. The molecule has 1 heterocycles. The average Bonchev–Trinajstić information content (AvgIpc) is 2.83. The minimum atomic E-state index is 0.0448. The van der Waals surface area contributed by atoms with Crippen LogP contribution in [0.2, 0.25) is 0 Å². The number of imidazole rings is 1. The van der Waals surface area contributed by atoms with Crippen LogP contribution in [0.1, 0.15) is 32.5 Å². The minimum Gasteiger partial charge on any atom is -0.396 e. The number of rotatable bonds is 8. The van der Waals surface area contributed by atoms with E-state index in [1.54, 1.807) is 6.20 Å². The van der Waals surface area contributed by atoms with Crippen molar-refractivity contribution in [1.82, 2.24) is 15.3 Å². The lowest BCUT2D eigenvalue weighted by Gasteiger charge is -2.29. The van der Waals surface area contributed by atoms with Crippen molar-refractivity contribution in [3.05, 3.63) is 18.2 Å². The first-order valence-corrected chi connectivity index (χ1v) is 6.06. The van der Waals surface area contributed by atoms with Gasteiger partial charge in [0.2, 0.25) is 0 Å². The Morgan fingerprint density at radius 3 is 2.69 bits per heavy atom. The molecule has 4 heteroatoms. The van der Waals surface area contributed by atoms with Crippen molar-refractivity contribution in [2.75, 3.05) is 19.7 Å². The topological polar surface area (TPSA) is 60.9 Å². The summed E-state index contributed by atoms with van der Waals surface area (Å²) in [6.45, 7) is 6.29. The second-order valence-electron chi connectivity index (χ2n) is 4.33. The highest BCUT2D eigenvalue weighted by atomic mass is 16.3. The maximum Gasteiger partial charge on any atom is 0.107 e. The number of hydrogen-bond acceptors (Lipinski definition) is 3. The normalized spacial score (nSPS) is 11.9. The smallest absolute Gasteiger partial charge is 0.107 e. The van der Waals surface area contributed by atoms with Gasteiger partial charge in [-0.25, -0.2) is 4.98 Å². The van der Waals surface area contributed by atoms with E-state index in [1.807, 2.05) is 6.20 Å². The second kappa shape index (κ2) is 6.66. The van der Waals surface area contributed by atoms with Crippen LogP contribution in [0.5, 0.6) is 0 Å². The summed E-state index contributed by atoms with van der Waals surface area (Å²) in [6.07, 6.45) is 6.53. The summed E-state index contributed by atoms with van der Waals surface area (Å²) in [7, 11) is 0. The molecule has 4 nitrogen and oxygen atoms in total. The summed E-state index contributed by atoms with van der Waals surface area (Å²) in [5.41, 5.74) is 0.0448. The lowest BCUT2D eigenvalue weighted by Crippen LogP contribution is -2.37. The molecule has 1 aromatic rings. The number of H-pyrrole nitrogens is 1. The van der Waals surface area contributed by atoms with Gasteiger partial charge >= 0.3 is 0 Å². The Morgan fingerprint density at radius 1 is 1.44 bits per heavy atom. The van der Waals surface area contributed by atoms with Gasteiger partial charge in [-0.1, -0.05) is 13.8 Å². The van der Waals surface area contributed by atoms with Crippen LogP contribution in [0, 0.1) is 5.41 Å². The van der Waals surface area contributed by atoms with E-state index in [0.717, 1.165) is 38.2 Å². The SMILES string of the molecule is CCC(CC)(CO)CNCCc1ncc[nH]1. The van der Waals surface area contributed by atoms with Gasteiger partial charge in [-0.3, -0.25) is 0 Å². The predicted molar refractivity (Wildman–Crippen MR) is 65.3 cm³/mol. The molecule has 1 rings (SSSR count). The van der Waals surface area contributed by atoms with Crippen LogP contribution in [0.15, 0.2) is 12.4 Å². The number of aliphatic hydroxyl groups excluding tert-OH is 1. The lowest BCUT2D eigenvalue weighted by atomic mass is 9.83. The molecule has 0 aromatic carbocycles. The predicted octanol–water partition coefficient (Wildman–Crippen LogP) is 1.34. The molecular formula is C12H23N3O. The van der Waals surface area contributed by atoms with Crippen LogP contribution < -0.4 is 5.32 Å². The highest BCUT2D eigenvalue weighted by Crippen LogP contribution is 2.24. The summed E-state index contributed by atoms with van der Waals surface area (Å²) >= 11 is 0. The largest absolute Gasteiger partial charge is 0.396 e. The molecule has 0 aliphatic rings. The molecule has 0 spiro atoms. The third-order valence-electron chi connectivity index (χ3n) is 3.43. The molecular weight excluding hydrogens is 202 g/mol. The number of aromatic nitrogens is 2. The number of hydrogen-bond donors (Lipinski definition) is 3. The highest BCUT2D eigenvalue weighted by Gasteiger charge is 2.24. The molecule has 0 aliphatic heterocycles. The molecule has 0 unspecified atom stereocenters. The summed E-state index contributed by atoms with van der Waals surface area (Å²) in [5, 5.41) is 12.8. The third kappa shape index (κ3) is 3.61. The maximum absolute atomic E-state index is 9.40. The lowest BCUT2D eigenvalue weighted by molar-refractivity contribution is 0.113.